The Morgan fingerprint density at radius 2 is 1.90 bits per heavy atom. The minimum Gasteiger partial charge on any atom is -0.449 e. The normalized spacial score (nSPS) is 10.1. The lowest BCUT2D eigenvalue weighted by atomic mass is 10.2. The molecule has 0 aliphatic heterocycles. The Morgan fingerprint density at radius 3 is 2.55 bits per heavy atom. The quantitative estimate of drug-likeness (QED) is 0.380. The fourth-order valence-corrected chi connectivity index (χ4v) is 2.26. The number of nitro groups is 1. The number of nitrogens with zero attached hydrogens (tertiary/aromatic N) is 1. The summed E-state index contributed by atoms with van der Waals surface area (Å²) in [4.78, 5) is 11.5. The number of benzene rings is 2. The van der Waals surface area contributed by atoms with Crippen LogP contribution in [0.25, 0.3) is 0 Å². The standard InChI is InChI=1S/C13H13N3O3S/c1-20-12-8-3-2-6-10(12)19-11-7-4-5-9(15-14)13(11)16(17)18/h2-8,15H,14H2,1H3. The topological polar surface area (TPSA) is 90.4 Å². The van der Waals surface area contributed by atoms with Crippen molar-refractivity contribution < 1.29 is 9.66 Å². The maximum atomic E-state index is 11.2. The molecule has 0 spiro atoms. The molecule has 0 unspecified atom stereocenters. The van der Waals surface area contributed by atoms with Crippen molar-refractivity contribution in [1.82, 2.24) is 0 Å². The molecule has 0 saturated heterocycles. The Morgan fingerprint density at radius 1 is 1.20 bits per heavy atom. The Hall–Kier alpha value is -2.25. The zero-order valence-electron chi connectivity index (χ0n) is 10.7. The van der Waals surface area contributed by atoms with Crippen LogP contribution in [0.1, 0.15) is 0 Å². The van der Waals surface area contributed by atoms with E-state index in [1.807, 2.05) is 24.5 Å². The number of nitrogens with one attached hydrogen (secondary N) is 1. The van der Waals surface area contributed by atoms with E-state index < -0.39 is 4.92 Å². The summed E-state index contributed by atoms with van der Waals surface area (Å²) in [6, 6.07) is 12.0. The second-order valence-electron chi connectivity index (χ2n) is 3.81. The lowest BCUT2D eigenvalue weighted by Crippen LogP contribution is -2.09. The zero-order chi connectivity index (χ0) is 14.5. The number of thioether (sulfide) groups is 1. The summed E-state index contributed by atoms with van der Waals surface area (Å²) in [6.07, 6.45) is 1.91. The van der Waals surface area contributed by atoms with Crippen molar-refractivity contribution in [3.8, 4) is 11.5 Å². The molecule has 0 radical (unpaired) electrons. The number of ether oxygens (including phenoxy) is 1. The van der Waals surface area contributed by atoms with Gasteiger partial charge in [-0.15, -0.1) is 11.8 Å². The van der Waals surface area contributed by atoms with Crippen LogP contribution in [0.3, 0.4) is 0 Å². The maximum absolute atomic E-state index is 11.2. The monoisotopic (exact) mass is 291 g/mol. The zero-order valence-corrected chi connectivity index (χ0v) is 11.5. The van der Waals surface area contributed by atoms with E-state index in [1.165, 1.54) is 23.9 Å². The molecule has 0 fully saturated rings. The number of hydrogen-bond acceptors (Lipinski definition) is 6. The summed E-state index contributed by atoms with van der Waals surface area (Å²) in [5, 5.41) is 11.2. The number of nitrogens with two attached hydrogens (primary N) is 1. The number of rotatable bonds is 5. The van der Waals surface area contributed by atoms with Gasteiger partial charge in [0.15, 0.2) is 0 Å². The Balaban J connectivity index is 2.46. The molecule has 104 valence electrons. The van der Waals surface area contributed by atoms with Crippen LogP contribution in [-0.4, -0.2) is 11.2 Å². The van der Waals surface area contributed by atoms with Gasteiger partial charge in [0.1, 0.15) is 11.4 Å². The van der Waals surface area contributed by atoms with Crippen molar-refractivity contribution >= 4 is 23.1 Å². The minimum absolute atomic E-state index is 0.145. The Kier molecular flexibility index (Phi) is 4.44. The smallest absolute Gasteiger partial charge is 0.335 e. The van der Waals surface area contributed by atoms with Crippen molar-refractivity contribution in [1.29, 1.82) is 0 Å². The summed E-state index contributed by atoms with van der Waals surface area (Å²) in [6.45, 7) is 0. The summed E-state index contributed by atoms with van der Waals surface area (Å²) in [5.74, 6) is 6.00. The van der Waals surface area contributed by atoms with Gasteiger partial charge in [-0.1, -0.05) is 18.2 Å². The molecule has 0 aromatic heterocycles. The Labute approximate surface area is 120 Å². The largest absolute Gasteiger partial charge is 0.449 e. The third kappa shape index (κ3) is 2.84. The van der Waals surface area contributed by atoms with E-state index in [4.69, 9.17) is 10.6 Å². The van der Waals surface area contributed by atoms with Crippen molar-refractivity contribution in [3.05, 3.63) is 52.6 Å². The predicted octanol–water partition coefficient (Wildman–Crippen LogP) is 3.39. The van der Waals surface area contributed by atoms with Crippen molar-refractivity contribution in [2.24, 2.45) is 5.84 Å². The highest BCUT2D eigenvalue weighted by atomic mass is 32.2. The van der Waals surface area contributed by atoms with Crippen LogP contribution < -0.4 is 16.0 Å². The molecule has 0 bridgehead atoms. The van der Waals surface area contributed by atoms with E-state index in [9.17, 15) is 10.1 Å². The van der Waals surface area contributed by atoms with Gasteiger partial charge in [0.25, 0.3) is 0 Å². The van der Waals surface area contributed by atoms with Crippen LogP contribution in [0.2, 0.25) is 0 Å². The highest BCUT2D eigenvalue weighted by molar-refractivity contribution is 7.98. The van der Waals surface area contributed by atoms with Crippen LogP contribution in [0.4, 0.5) is 11.4 Å². The van der Waals surface area contributed by atoms with Gasteiger partial charge in [0.2, 0.25) is 5.75 Å². The van der Waals surface area contributed by atoms with Crippen LogP contribution >= 0.6 is 11.8 Å². The van der Waals surface area contributed by atoms with Gasteiger partial charge in [-0.2, -0.15) is 0 Å². The fourth-order valence-electron chi connectivity index (χ4n) is 1.73. The van der Waals surface area contributed by atoms with E-state index in [0.717, 1.165) is 4.90 Å². The van der Waals surface area contributed by atoms with Gasteiger partial charge in [-0.05, 0) is 30.5 Å². The second-order valence-corrected chi connectivity index (χ2v) is 4.65. The molecule has 6 nitrogen and oxygen atoms in total. The van der Waals surface area contributed by atoms with E-state index in [1.54, 1.807) is 12.1 Å². The summed E-state index contributed by atoms with van der Waals surface area (Å²) in [5.41, 5.74) is 2.32. The van der Waals surface area contributed by atoms with Gasteiger partial charge in [0, 0.05) is 4.90 Å². The lowest BCUT2D eigenvalue weighted by molar-refractivity contribution is -0.384. The number of para-hydroxylation sites is 2. The van der Waals surface area contributed by atoms with Gasteiger partial charge in [-0.25, -0.2) is 0 Å². The highest BCUT2D eigenvalue weighted by Gasteiger charge is 2.21. The molecule has 0 heterocycles. The molecule has 3 N–H and O–H groups in total. The molecule has 0 saturated carbocycles. The molecule has 7 heteroatoms. The number of hydrazine groups is 1. The number of anilines is 1. The van der Waals surface area contributed by atoms with Crippen LogP contribution in [0.15, 0.2) is 47.4 Å². The number of nitro benzene ring substituents is 1. The summed E-state index contributed by atoms with van der Waals surface area (Å²) in [7, 11) is 0. The Bertz CT molecular complexity index is 634. The number of hydrogen-bond donors (Lipinski definition) is 2. The molecule has 0 amide bonds. The van der Waals surface area contributed by atoms with Gasteiger partial charge in [0.05, 0.1) is 4.92 Å². The predicted molar refractivity (Wildman–Crippen MR) is 79.2 cm³/mol. The first-order valence-corrected chi connectivity index (χ1v) is 6.94. The summed E-state index contributed by atoms with van der Waals surface area (Å²) < 4.78 is 5.68. The lowest BCUT2D eigenvalue weighted by Gasteiger charge is -2.11. The SMILES string of the molecule is CSc1ccccc1Oc1cccc(NN)c1[N+](=O)[O-]. The molecule has 2 rings (SSSR count). The number of nitrogen functional groups attached to an aromatic ring is 1. The fraction of sp³-hybridized carbons (Fsp3) is 0.0769. The maximum Gasteiger partial charge on any atom is 0.335 e. The van der Waals surface area contributed by atoms with E-state index in [2.05, 4.69) is 5.43 Å². The summed E-state index contributed by atoms with van der Waals surface area (Å²) >= 11 is 1.50. The molecular weight excluding hydrogens is 278 g/mol. The van der Waals surface area contributed by atoms with Gasteiger partial charge in [-0.3, -0.25) is 16.0 Å². The van der Waals surface area contributed by atoms with Gasteiger partial charge < -0.3 is 10.2 Å². The van der Waals surface area contributed by atoms with Crippen LogP contribution in [-0.2, 0) is 0 Å². The molecule has 0 aliphatic rings. The molecule has 0 aliphatic carbocycles. The first-order valence-electron chi connectivity index (χ1n) is 5.72. The average molecular weight is 291 g/mol. The van der Waals surface area contributed by atoms with Crippen molar-refractivity contribution in [2.75, 3.05) is 11.7 Å². The van der Waals surface area contributed by atoms with Crippen molar-refractivity contribution in [2.45, 2.75) is 4.90 Å². The van der Waals surface area contributed by atoms with Crippen molar-refractivity contribution in [3.63, 3.8) is 0 Å². The molecule has 2 aromatic carbocycles. The minimum atomic E-state index is -0.522. The molecule has 20 heavy (non-hydrogen) atoms. The first kappa shape index (κ1) is 14.2. The molecule has 2 aromatic rings. The highest BCUT2D eigenvalue weighted by Crippen LogP contribution is 2.39. The van der Waals surface area contributed by atoms with E-state index >= 15 is 0 Å². The van der Waals surface area contributed by atoms with E-state index in [0.29, 0.717) is 5.75 Å². The molecule has 0 atom stereocenters. The van der Waals surface area contributed by atoms with E-state index in [-0.39, 0.29) is 17.1 Å². The van der Waals surface area contributed by atoms with Crippen LogP contribution in [0, 0.1) is 10.1 Å². The second kappa shape index (κ2) is 6.27. The first-order chi connectivity index (χ1) is 9.67. The molecular formula is C13H13N3O3S. The van der Waals surface area contributed by atoms with Gasteiger partial charge >= 0.3 is 5.69 Å². The third-order valence-corrected chi connectivity index (χ3v) is 3.40. The third-order valence-electron chi connectivity index (χ3n) is 2.63. The average Bonchev–Trinajstić information content (AvgIpc) is 2.47. The van der Waals surface area contributed by atoms with Crippen LogP contribution in [0.5, 0.6) is 11.5 Å².